The minimum atomic E-state index is 0.903. The highest BCUT2D eigenvalue weighted by Crippen LogP contribution is 2.31. The molecule has 2 nitrogen and oxygen atoms in total. The topological polar surface area (TPSA) is 26.0 Å². The Hall–Kier alpha value is -2.09. The van der Waals surface area contributed by atoms with E-state index in [4.69, 9.17) is 4.42 Å². The number of hydrogen-bond donors (Lipinski definition) is 0. The summed E-state index contributed by atoms with van der Waals surface area (Å²) in [6, 6.07) is 10.2. The van der Waals surface area contributed by atoms with Crippen LogP contribution in [0, 0.1) is 13.8 Å². The van der Waals surface area contributed by atoms with Crippen LogP contribution in [0.2, 0.25) is 0 Å². The fourth-order valence-corrected chi connectivity index (χ4v) is 2.05. The number of fused-ring (bicyclic) bond motifs is 1. The standard InChI is InChI=1S/C15H13NO/c1-10-3-4-11(2)15-13(10)9-14(17-15)12-5-7-16-8-6-12/h3-9H,1-2H3. The van der Waals surface area contributed by atoms with Gasteiger partial charge in [-0.25, -0.2) is 0 Å². The Kier molecular flexibility index (Phi) is 2.22. The number of pyridine rings is 1. The molecule has 1 aromatic carbocycles. The fraction of sp³-hybridized carbons (Fsp3) is 0.133. The molecular weight excluding hydrogens is 210 g/mol. The van der Waals surface area contributed by atoms with Crippen molar-refractivity contribution in [2.75, 3.05) is 0 Å². The Balaban J connectivity index is 2.27. The molecule has 0 amide bonds. The third-order valence-corrected chi connectivity index (χ3v) is 3.06. The molecule has 0 aliphatic heterocycles. The summed E-state index contributed by atoms with van der Waals surface area (Å²) in [5.41, 5.74) is 4.47. The molecule has 2 heterocycles. The minimum Gasteiger partial charge on any atom is -0.456 e. The van der Waals surface area contributed by atoms with Gasteiger partial charge in [0.15, 0.2) is 0 Å². The van der Waals surface area contributed by atoms with Crippen molar-refractivity contribution in [3.05, 3.63) is 53.9 Å². The van der Waals surface area contributed by atoms with Gasteiger partial charge < -0.3 is 4.42 Å². The van der Waals surface area contributed by atoms with Crippen LogP contribution >= 0.6 is 0 Å². The lowest BCUT2D eigenvalue weighted by Crippen LogP contribution is -1.76. The van der Waals surface area contributed by atoms with Crippen LogP contribution < -0.4 is 0 Å². The van der Waals surface area contributed by atoms with Crippen LogP contribution in [0.4, 0.5) is 0 Å². The van der Waals surface area contributed by atoms with E-state index >= 15 is 0 Å². The smallest absolute Gasteiger partial charge is 0.137 e. The minimum absolute atomic E-state index is 0.903. The molecule has 3 rings (SSSR count). The average Bonchev–Trinajstić information content (AvgIpc) is 2.81. The lowest BCUT2D eigenvalue weighted by molar-refractivity contribution is 0.628. The van der Waals surface area contributed by atoms with Gasteiger partial charge in [0.05, 0.1) is 0 Å². The average molecular weight is 223 g/mol. The van der Waals surface area contributed by atoms with Crippen molar-refractivity contribution in [3.63, 3.8) is 0 Å². The van der Waals surface area contributed by atoms with Crippen LogP contribution in [-0.2, 0) is 0 Å². The second-order valence-corrected chi connectivity index (χ2v) is 4.29. The molecule has 2 aromatic heterocycles. The van der Waals surface area contributed by atoms with Crippen molar-refractivity contribution < 1.29 is 4.42 Å². The maximum Gasteiger partial charge on any atom is 0.137 e. The molecule has 0 aliphatic rings. The quantitative estimate of drug-likeness (QED) is 0.620. The number of nitrogens with zero attached hydrogens (tertiary/aromatic N) is 1. The lowest BCUT2D eigenvalue weighted by Gasteiger charge is -1.97. The van der Waals surface area contributed by atoms with Crippen molar-refractivity contribution in [1.29, 1.82) is 0 Å². The normalized spacial score (nSPS) is 10.9. The number of benzene rings is 1. The maximum absolute atomic E-state index is 5.94. The van der Waals surface area contributed by atoms with Crippen LogP contribution in [0.25, 0.3) is 22.3 Å². The van der Waals surface area contributed by atoms with Gasteiger partial charge in [-0.1, -0.05) is 12.1 Å². The maximum atomic E-state index is 5.94. The number of aryl methyl sites for hydroxylation is 2. The Morgan fingerprint density at radius 3 is 2.35 bits per heavy atom. The van der Waals surface area contributed by atoms with Crippen molar-refractivity contribution >= 4 is 11.0 Å². The van der Waals surface area contributed by atoms with E-state index in [1.807, 2.05) is 12.1 Å². The second-order valence-electron chi connectivity index (χ2n) is 4.29. The van der Waals surface area contributed by atoms with E-state index in [0.717, 1.165) is 16.9 Å². The Bertz CT molecular complexity index is 629. The van der Waals surface area contributed by atoms with Crippen LogP contribution in [0.15, 0.2) is 47.1 Å². The van der Waals surface area contributed by atoms with E-state index in [2.05, 4.69) is 37.0 Å². The van der Waals surface area contributed by atoms with E-state index in [-0.39, 0.29) is 0 Å². The number of furan rings is 1. The van der Waals surface area contributed by atoms with Crippen molar-refractivity contribution in [3.8, 4) is 11.3 Å². The summed E-state index contributed by atoms with van der Waals surface area (Å²) < 4.78 is 5.94. The Morgan fingerprint density at radius 2 is 1.65 bits per heavy atom. The van der Waals surface area contributed by atoms with Gasteiger partial charge in [0, 0.05) is 23.3 Å². The first-order chi connectivity index (χ1) is 8.25. The molecular formula is C15H13NO. The zero-order chi connectivity index (χ0) is 11.8. The fourth-order valence-electron chi connectivity index (χ4n) is 2.05. The summed E-state index contributed by atoms with van der Waals surface area (Å²) in [7, 11) is 0. The third kappa shape index (κ3) is 1.62. The molecule has 0 saturated heterocycles. The van der Waals surface area contributed by atoms with Gasteiger partial charge in [0.1, 0.15) is 11.3 Å². The zero-order valence-electron chi connectivity index (χ0n) is 9.90. The van der Waals surface area contributed by atoms with E-state index in [1.165, 1.54) is 16.5 Å². The predicted molar refractivity (Wildman–Crippen MR) is 68.9 cm³/mol. The van der Waals surface area contributed by atoms with Crippen LogP contribution in [0.5, 0.6) is 0 Å². The monoisotopic (exact) mass is 223 g/mol. The van der Waals surface area contributed by atoms with Gasteiger partial charge in [-0.3, -0.25) is 4.98 Å². The Morgan fingerprint density at radius 1 is 0.941 bits per heavy atom. The SMILES string of the molecule is Cc1ccc(C)c2oc(-c3ccncc3)cc12. The van der Waals surface area contributed by atoms with Crippen molar-refractivity contribution in [2.24, 2.45) is 0 Å². The van der Waals surface area contributed by atoms with Crippen molar-refractivity contribution in [1.82, 2.24) is 4.98 Å². The molecule has 0 spiro atoms. The van der Waals surface area contributed by atoms with E-state index in [0.29, 0.717) is 0 Å². The molecule has 3 aromatic rings. The molecule has 0 radical (unpaired) electrons. The molecule has 84 valence electrons. The van der Waals surface area contributed by atoms with E-state index in [1.54, 1.807) is 12.4 Å². The summed E-state index contributed by atoms with van der Waals surface area (Å²) >= 11 is 0. The van der Waals surface area contributed by atoms with Crippen LogP contribution in [-0.4, -0.2) is 4.98 Å². The van der Waals surface area contributed by atoms with Crippen LogP contribution in [0.1, 0.15) is 11.1 Å². The first kappa shape index (κ1) is 10.1. The highest BCUT2D eigenvalue weighted by atomic mass is 16.3. The first-order valence-electron chi connectivity index (χ1n) is 5.66. The Labute approximate surface area is 99.9 Å². The summed E-state index contributed by atoms with van der Waals surface area (Å²) in [6.45, 7) is 4.18. The summed E-state index contributed by atoms with van der Waals surface area (Å²) in [4.78, 5) is 4.02. The zero-order valence-corrected chi connectivity index (χ0v) is 9.90. The molecule has 0 N–H and O–H groups in total. The summed E-state index contributed by atoms with van der Waals surface area (Å²) in [5, 5.41) is 1.19. The van der Waals surface area contributed by atoms with Gasteiger partial charge in [-0.2, -0.15) is 0 Å². The van der Waals surface area contributed by atoms with Crippen molar-refractivity contribution in [2.45, 2.75) is 13.8 Å². The third-order valence-electron chi connectivity index (χ3n) is 3.06. The molecule has 2 heteroatoms. The molecule has 0 unspecified atom stereocenters. The number of hydrogen-bond acceptors (Lipinski definition) is 2. The second kappa shape index (κ2) is 3.74. The largest absolute Gasteiger partial charge is 0.456 e. The van der Waals surface area contributed by atoms with Gasteiger partial charge >= 0.3 is 0 Å². The van der Waals surface area contributed by atoms with Crippen LogP contribution in [0.3, 0.4) is 0 Å². The van der Waals surface area contributed by atoms with E-state index in [9.17, 15) is 0 Å². The summed E-state index contributed by atoms with van der Waals surface area (Å²) in [6.07, 6.45) is 3.56. The van der Waals surface area contributed by atoms with E-state index < -0.39 is 0 Å². The molecule has 17 heavy (non-hydrogen) atoms. The molecule has 0 bridgehead atoms. The molecule has 0 fully saturated rings. The highest BCUT2D eigenvalue weighted by Gasteiger charge is 2.09. The molecule has 0 aliphatic carbocycles. The van der Waals surface area contributed by atoms with Gasteiger partial charge in [-0.15, -0.1) is 0 Å². The number of aromatic nitrogens is 1. The van der Waals surface area contributed by atoms with Gasteiger partial charge in [0.2, 0.25) is 0 Å². The summed E-state index contributed by atoms with van der Waals surface area (Å²) in [5.74, 6) is 0.903. The lowest BCUT2D eigenvalue weighted by atomic mass is 10.1. The number of rotatable bonds is 1. The highest BCUT2D eigenvalue weighted by molar-refractivity contribution is 5.87. The van der Waals surface area contributed by atoms with Gasteiger partial charge in [0.25, 0.3) is 0 Å². The molecule has 0 saturated carbocycles. The van der Waals surface area contributed by atoms with Gasteiger partial charge in [-0.05, 0) is 43.2 Å². The predicted octanol–water partition coefficient (Wildman–Crippen LogP) is 4.11. The first-order valence-corrected chi connectivity index (χ1v) is 5.66. The molecule has 0 atom stereocenters.